The molecule has 0 bridgehead atoms. The molecule has 0 aliphatic rings. The average Bonchev–Trinajstić information content (AvgIpc) is 2.55. The predicted octanol–water partition coefficient (Wildman–Crippen LogP) is -0.453. The molecule has 0 fully saturated rings. The van der Waals surface area contributed by atoms with Crippen LogP contribution in [0.15, 0.2) is 9.63 Å². The van der Waals surface area contributed by atoms with Crippen LogP contribution in [0.4, 0.5) is 0 Å². The molecule has 0 amide bonds. The molecule has 1 aromatic heterocycles. The highest BCUT2D eigenvalue weighted by Crippen LogP contribution is 2.21. The standard InChI is InChI=1S/C7H14BrN5O2S/c1-12(5-3-4-9)16(14,15)7-6(8)10-11-13(7)2/h3-5,9H2,1-2H3. The largest absolute Gasteiger partial charge is 0.330 e. The van der Waals surface area contributed by atoms with Crippen LogP contribution in [0.2, 0.25) is 0 Å². The molecule has 1 aromatic rings. The van der Waals surface area contributed by atoms with E-state index in [-0.39, 0.29) is 9.63 Å². The van der Waals surface area contributed by atoms with Crippen LogP contribution in [0.1, 0.15) is 6.42 Å². The van der Waals surface area contributed by atoms with Crippen molar-refractivity contribution in [2.45, 2.75) is 11.4 Å². The lowest BCUT2D eigenvalue weighted by molar-refractivity contribution is 0.454. The Labute approximate surface area is 103 Å². The third kappa shape index (κ3) is 2.59. The summed E-state index contributed by atoms with van der Waals surface area (Å²) in [6.07, 6.45) is 0.610. The van der Waals surface area contributed by atoms with Crippen molar-refractivity contribution in [2.24, 2.45) is 12.8 Å². The lowest BCUT2D eigenvalue weighted by Gasteiger charge is -2.16. The second kappa shape index (κ2) is 5.21. The predicted molar refractivity (Wildman–Crippen MR) is 62.2 cm³/mol. The zero-order chi connectivity index (χ0) is 12.3. The molecule has 0 atom stereocenters. The average molecular weight is 312 g/mol. The molecule has 1 rings (SSSR count). The van der Waals surface area contributed by atoms with Gasteiger partial charge in [-0.3, -0.25) is 0 Å². The molecule has 2 N–H and O–H groups in total. The number of rotatable bonds is 5. The number of hydrogen-bond acceptors (Lipinski definition) is 5. The van der Waals surface area contributed by atoms with Crippen LogP contribution < -0.4 is 5.73 Å². The summed E-state index contributed by atoms with van der Waals surface area (Å²) in [5.74, 6) is 0. The van der Waals surface area contributed by atoms with Crippen molar-refractivity contribution < 1.29 is 8.42 Å². The van der Waals surface area contributed by atoms with E-state index in [2.05, 4.69) is 26.2 Å². The molecule has 0 saturated carbocycles. The Hall–Kier alpha value is -0.510. The van der Waals surface area contributed by atoms with E-state index in [9.17, 15) is 8.42 Å². The Morgan fingerprint density at radius 2 is 2.19 bits per heavy atom. The molecule has 0 radical (unpaired) electrons. The van der Waals surface area contributed by atoms with Gasteiger partial charge >= 0.3 is 0 Å². The van der Waals surface area contributed by atoms with Crippen molar-refractivity contribution in [3.63, 3.8) is 0 Å². The van der Waals surface area contributed by atoms with Gasteiger partial charge in [-0.05, 0) is 28.9 Å². The van der Waals surface area contributed by atoms with E-state index >= 15 is 0 Å². The highest BCUT2D eigenvalue weighted by atomic mass is 79.9. The lowest BCUT2D eigenvalue weighted by atomic mass is 10.4. The van der Waals surface area contributed by atoms with Gasteiger partial charge in [0, 0.05) is 20.6 Å². The van der Waals surface area contributed by atoms with E-state index < -0.39 is 10.0 Å². The fourth-order valence-corrected chi connectivity index (χ4v) is 3.41. The molecule has 0 aliphatic carbocycles. The molecule has 1 heterocycles. The van der Waals surface area contributed by atoms with Crippen molar-refractivity contribution >= 4 is 26.0 Å². The number of nitrogens with two attached hydrogens (primary N) is 1. The van der Waals surface area contributed by atoms with E-state index in [0.29, 0.717) is 19.5 Å². The molecular weight excluding hydrogens is 298 g/mol. The summed E-state index contributed by atoms with van der Waals surface area (Å²) in [5, 5.41) is 7.33. The minimum absolute atomic E-state index is 0.0482. The van der Waals surface area contributed by atoms with Crippen LogP contribution >= 0.6 is 15.9 Å². The molecule has 16 heavy (non-hydrogen) atoms. The molecule has 0 unspecified atom stereocenters. The Morgan fingerprint density at radius 3 is 2.62 bits per heavy atom. The minimum atomic E-state index is -3.56. The topological polar surface area (TPSA) is 94.1 Å². The normalized spacial score (nSPS) is 12.3. The van der Waals surface area contributed by atoms with Gasteiger partial charge < -0.3 is 5.73 Å². The van der Waals surface area contributed by atoms with Crippen LogP contribution in [-0.2, 0) is 17.1 Å². The molecule has 92 valence electrons. The van der Waals surface area contributed by atoms with Gasteiger partial charge in [0.05, 0.1) is 0 Å². The van der Waals surface area contributed by atoms with Gasteiger partial charge in [0.2, 0.25) is 5.03 Å². The van der Waals surface area contributed by atoms with Gasteiger partial charge in [0.25, 0.3) is 10.0 Å². The lowest BCUT2D eigenvalue weighted by Crippen LogP contribution is -2.30. The number of aryl methyl sites for hydroxylation is 1. The van der Waals surface area contributed by atoms with E-state index in [1.54, 1.807) is 0 Å². The molecule has 9 heteroatoms. The third-order valence-electron chi connectivity index (χ3n) is 2.07. The van der Waals surface area contributed by atoms with Crippen LogP contribution in [0, 0.1) is 0 Å². The summed E-state index contributed by atoms with van der Waals surface area (Å²) in [7, 11) is -0.527. The maximum Gasteiger partial charge on any atom is 0.262 e. The summed E-state index contributed by atoms with van der Waals surface area (Å²) in [6.45, 7) is 0.821. The number of nitrogens with zero attached hydrogens (tertiary/aromatic N) is 4. The van der Waals surface area contributed by atoms with E-state index in [0.717, 1.165) is 0 Å². The maximum absolute atomic E-state index is 12.1. The van der Waals surface area contributed by atoms with Crippen LogP contribution in [-0.4, -0.2) is 47.9 Å². The van der Waals surface area contributed by atoms with Crippen molar-refractivity contribution in [2.75, 3.05) is 20.1 Å². The first-order valence-corrected chi connectivity index (χ1v) is 6.86. The number of sulfonamides is 1. The van der Waals surface area contributed by atoms with Crippen molar-refractivity contribution in [3.8, 4) is 0 Å². The molecule has 7 nitrogen and oxygen atoms in total. The molecule has 0 aromatic carbocycles. The Morgan fingerprint density at radius 1 is 1.56 bits per heavy atom. The quantitative estimate of drug-likeness (QED) is 0.794. The smallest absolute Gasteiger partial charge is 0.262 e. The summed E-state index contributed by atoms with van der Waals surface area (Å²) >= 11 is 3.06. The second-order valence-corrected chi connectivity index (χ2v) is 5.99. The molecule has 0 saturated heterocycles. The van der Waals surface area contributed by atoms with E-state index in [1.165, 1.54) is 23.1 Å². The van der Waals surface area contributed by atoms with E-state index in [4.69, 9.17) is 5.73 Å². The monoisotopic (exact) mass is 311 g/mol. The Balaban J connectivity index is 3.02. The summed E-state index contributed by atoms with van der Waals surface area (Å²) in [4.78, 5) is 0. The highest BCUT2D eigenvalue weighted by molar-refractivity contribution is 9.10. The third-order valence-corrected chi connectivity index (χ3v) is 4.81. The minimum Gasteiger partial charge on any atom is -0.330 e. The Bertz CT molecular complexity index is 438. The first-order chi connectivity index (χ1) is 7.41. The second-order valence-electron chi connectivity index (χ2n) is 3.28. The van der Waals surface area contributed by atoms with Gasteiger partial charge in [-0.15, -0.1) is 5.10 Å². The summed E-state index contributed by atoms with van der Waals surface area (Å²) in [5.41, 5.74) is 5.34. The summed E-state index contributed by atoms with van der Waals surface area (Å²) < 4.78 is 26.9. The van der Waals surface area contributed by atoms with Crippen molar-refractivity contribution in [1.29, 1.82) is 0 Å². The number of aromatic nitrogens is 3. The van der Waals surface area contributed by atoms with Crippen LogP contribution in [0.5, 0.6) is 0 Å². The van der Waals surface area contributed by atoms with Gasteiger partial charge in [-0.2, -0.15) is 4.31 Å². The van der Waals surface area contributed by atoms with Crippen molar-refractivity contribution in [1.82, 2.24) is 19.3 Å². The highest BCUT2D eigenvalue weighted by Gasteiger charge is 2.27. The Kier molecular flexibility index (Phi) is 4.42. The molecule has 0 aliphatic heterocycles. The van der Waals surface area contributed by atoms with Gasteiger partial charge in [-0.1, -0.05) is 5.21 Å². The number of halogens is 1. The fraction of sp³-hybridized carbons (Fsp3) is 0.714. The molecule has 0 spiro atoms. The van der Waals surface area contributed by atoms with E-state index in [1.807, 2.05) is 0 Å². The van der Waals surface area contributed by atoms with Gasteiger partial charge in [-0.25, -0.2) is 13.1 Å². The molecular formula is C7H14BrN5O2S. The van der Waals surface area contributed by atoms with Crippen LogP contribution in [0.3, 0.4) is 0 Å². The summed E-state index contributed by atoms with van der Waals surface area (Å²) in [6, 6.07) is 0. The first-order valence-electron chi connectivity index (χ1n) is 4.63. The number of hydrogen-bond donors (Lipinski definition) is 1. The van der Waals surface area contributed by atoms with Gasteiger partial charge in [0.1, 0.15) is 0 Å². The fourth-order valence-electron chi connectivity index (χ4n) is 1.18. The SMILES string of the molecule is CN(CCCN)S(=O)(=O)c1c(Br)nnn1C. The first kappa shape index (κ1) is 13.6. The maximum atomic E-state index is 12.1. The zero-order valence-electron chi connectivity index (χ0n) is 9.09. The van der Waals surface area contributed by atoms with Crippen molar-refractivity contribution in [3.05, 3.63) is 4.60 Å². The van der Waals surface area contributed by atoms with Crippen LogP contribution in [0.25, 0.3) is 0 Å². The zero-order valence-corrected chi connectivity index (χ0v) is 11.5. The van der Waals surface area contributed by atoms with Gasteiger partial charge in [0.15, 0.2) is 4.60 Å².